The van der Waals surface area contributed by atoms with Crippen LogP contribution in [0.25, 0.3) is 10.9 Å². The minimum atomic E-state index is -0.160. The van der Waals surface area contributed by atoms with E-state index in [1.54, 1.807) is 16.8 Å². The molecule has 4 rings (SSSR count). The van der Waals surface area contributed by atoms with Gasteiger partial charge in [0.05, 0.1) is 18.1 Å². The molecular formula is C24H31N7O2. The van der Waals surface area contributed by atoms with Crippen LogP contribution in [-0.2, 0) is 17.9 Å². The van der Waals surface area contributed by atoms with Crippen LogP contribution in [0.4, 0.5) is 11.8 Å². The van der Waals surface area contributed by atoms with Gasteiger partial charge in [-0.25, -0.2) is 4.98 Å². The number of fused-ring (bicyclic) bond motifs is 1. The van der Waals surface area contributed by atoms with Gasteiger partial charge in [-0.15, -0.1) is 0 Å². The fourth-order valence-corrected chi connectivity index (χ4v) is 4.02. The van der Waals surface area contributed by atoms with Crippen molar-refractivity contribution in [2.45, 2.75) is 51.7 Å². The lowest BCUT2D eigenvalue weighted by atomic mass is 10.1. The van der Waals surface area contributed by atoms with Crippen LogP contribution in [0.2, 0.25) is 0 Å². The number of rotatable bonds is 9. The van der Waals surface area contributed by atoms with Crippen molar-refractivity contribution in [2.24, 2.45) is 0 Å². The molecule has 1 atom stereocenters. The summed E-state index contributed by atoms with van der Waals surface area (Å²) in [6, 6.07) is 9.62. The minimum absolute atomic E-state index is 0.0468. The zero-order valence-corrected chi connectivity index (χ0v) is 18.9. The SMILES string of the molecule is CCCCNc1nc(N)nc2ccn(Cc3ccc(CNC(=O)C4CCCN4)cc3)c(=O)c12. The van der Waals surface area contributed by atoms with E-state index in [2.05, 4.69) is 32.8 Å². The van der Waals surface area contributed by atoms with E-state index in [1.165, 1.54) is 0 Å². The molecule has 0 radical (unpaired) electrons. The summed E-state index contributed by atoms with van der Waals surface area (Å²) in [5.41, 5.74) is 8.21. The number of pyridine rings is 1. The Bertz CT molecular complexity index is 1170. The van der Waals surface area contributed by atoms with Gasteiger partial charge in [-0.1, -0.05) is 37.6 Å². The number of benzene rings is 1. The van der Waals surface area contributed by atoms with Crippen molar-refractivity contribution >= 4 is 28.6 Å². The second-order valence-corrected chi connectivity index (χ2v) is 8.40. The molecule has 9 heteroatoms. The summed E-state index contributed by atoms with van der Waals surface area (Å²) in [5.74, 6) is 0.670. The van der Waals surface area contributed by atoms with Gasteiger partial charge in [-0.05, 0) is 43.0 Å². The Kier molecular flexibility index (Phi) is 7.19. The average Bonchev–Trinajstić information content (AvgIpc) is 3.35. The maximum atomic E-state index is 13.2. The molecule has 174 valence electrons. The second-order valence-electron chi connectivity index (χ2n) is 8.40. The van der Waals surface area contributed by atoms with Crippen LogP contribution in [0, 0.1) is 0 Å². The first-order chi connectivity index (χ1) is 16.0. The molecule has 9 nitrogen and oxygen atoms in total. The first-order valence-corrected chi connectivity index (χ1v) is 11.5. The van der Waals surface area contributed by atoms with E-state index in [1.807, 2.05) is 24.3 Å². The normalized spacial score (nSPS) is 15.6. The van der Waals surface area contributed by atoms with E-state index < -0.39 is 0 Å². The number of carbonyl (C=O) groups is 1. The third-order valence-corrected chi connectivity index (χ3v) is 5.88. The molecule has 3 heterocycles. The minimum Gasteiger partial charge on any atom is -0.369 e. The average molecular weight is 450 g/mol. The van der Waals surface area contributed by atoms with Crippen LogP contribution in [0.15, 0.2) is 41.3 Å². The predicted octanol–water partition coefficient (Wildman–Crippen LogP) is 2.00. The van der Waals surface area contributed by atoms with Crippen molar-refractivity contribution in [3.63, 3.8) is 0 Å². The van der Waals surface area contributed by atoms with E-state index in [0.717, 1.165) is 43.4 Å². The summed E-state index contributed by atoms with van der Waals surface area (Å²) in [4.78, 5) is 33.9. The fourth-order valence-electron chi connectivity index (χ4n) is 4.02. The number of nitrogens with zero attached hydrogens (tertiary/aromatic N) is 3. The highest BCUT2D eigenvalue weighted by Crippen LogP contribution is 2.18. The number of nitrogens with two attached hydrogens (primary N) is 1. The van der Waals surface area contributed by atoms with Crippen molar-refractivity contribution in [3.05, 3.63) is 58.0 Å². The molecule has 1 unspecified atom stereocenters. The lowest BCUT2D eigenvalue weighted by Crippen LogP contribution is -2.39. The van der Waals surface area contributed by atoms with Crippen LogP contribution in [0.5, 0.6) is 0 Å². The van der Waals surface area contributed by atoms with Gasteiger partial charge in [-0.3, -0.25) is 9.59 Å². The van der Waals surface area contributed by atoms with Gasteiger partial charge < -0.3 is 26.3 Å². The van der Waals surface area contributed by atoms with Gasteiger partial charge in [0.1, 0.15) is 11.2 Å². The molecular weight excluding hydrogens is 418 g/mol. The summed E-state index contributed by atoms with van der Waals surface area (Å²) in [6.07, 6.45) is 5.66. The zero-order valence-electron chi connectivity index (χ0n) is 18.9. The molecule has 1 aliphatic heterocycles. The molecule has 1 amide bonds. The Hall–Kier alpha value is -3.46. The molecule has 5 N–H and O–H groups in total. The van der Waals surface area contributed by atoms with E-state index in [0.29, 0.717) is 36.4 Å². The molecule has 3 aromatic rings. The first kappa shape index (κ1) is 22.7. The molecule has 1 saturated heterocycles. The van der Waals surface area contributed by atoms with Gasteiger partial charge in [0.2, 0.25) is 11.9 Å². The van der Waals surface area contributed by atoms with Gasteiger partial charge in [0, 0.05) is 19.3 Å². The van der Waals surface area contributed by atoms with Gasteiger partial charge >= 0.3 is 0 Å². The van der Waals surface area contributed by atoms with Crippen LogP contribution in [-0.4, -0.2) is 39.6 Å². The second kappa shape index (κ2) is 10.4. The number of anilines is 2. The maximum Gasteiger partial charge on any atom is 0.264 e. The lowest BCUT2D eigenvalue weighted by molar-refractivity contribution is -0.122. The topological polar surface area (TPSA) is 127 Å². The molecule has 0 aliphatic carbocycles. The smallest absolute Gasteiger partial charge is 0.264 e. The highest BCUT2D eigenvalue weighted by Gasteiger charge is 2.21. The van der Waals surface area contributed by atoms with Crippen LogP contribution < -0.4 is 27.2 Å². The Balaban J connectivity index is 1.47. The number of hydrogen-bond donors (Lipinski definition) is 4. The summed E-state index contributed by atoms with van der Waals surface area (Å²) < 4.78 is 1.65. The molecule has 0 saturated carbocycles. The fraction of sp³-hybridized carbons (Fsp3) is 0.417. The number of aromatic nitrogens is 3. The summed E-state index contributed by atoms with van der Waals surface area (Å²) in [7, 11) is 0. The van der Waals surface area contributed by atoms with Crippen molar-refractivity contribution in [3.8, 4) is 0 Å². The standard InChI is InChI=1S/C24H31N7O2/c1-2-3-11-27-21-20-18(29-24(25)30-21)10-13-31(23(20)33)15-17-8-6-16(7-9-17)14-28-22(32)19-5-4-12-26-19/h6-10,13,19,26H,2-5,11-12,14-15H2,1H3,(H,28,32)(H3,25,27,29,30). The lowest BCUT2D eigenvalue weighted by Gasteiger charge is -2.13. The predicted molar refractivity (Wildman–Crippen MR) is 130 cm³/mol. The van der Waals surface area contributed by atoms with E-state index >= 15 is 0 Å². The van der Waals surface area contributed by atoms with Crippen molar-refractivity contribution in [2.75, 3.05) is 24.1 Å². The Morgan fingerprint density at radius 1 is 1.21 bits per heavy atom. The summed E-state index contributed by atoms with van der Waals surface area (Å²) >= 11 is 0. The van der Waals surface area contributed by atoms with Gasteiger partial charge in [0.15, 0.2) is 0 Å². The van der Waals surface area contributed by atoms with Crippen LogP contribution in [0.1, 0.15) is 43.7 Å². The number of carbonyl (C=O) groups excluding carboxylic acids is 1. The number of nitrogens with one attached hydrogen (secondary N) is 3. The Labute approximate surface area is 192 Å². The zero-order chi connectivity index (χ0) is 23.2. The number of unbranched alkanes of at least 4 members (excludes halogenated alkanes) is 1. The molecule has 1 fully saturated rings. The molecule has 2 aromatic heterocycles. The summed E-state index contributed by atoms with van der Waals surface area (Å²) in [5, 5.41) is 9.86. The molecule has 0 spiro atoms. The Morgan fingerprint density at radius 2 is 2.00 bits per heavy atom. The quantitative estimate of drug-likeness (QED) is 0.368. The van der Waals surface area contributed by atoms with Crippen LogP contribution in [0.3, 0.4) is 0 Å². The molecule has 33 heavy (non-hydrogen) atoms. The van der Waals surface area contributed by atoms with Gasteiger partial charge in [0.25, 0.3) is 5.56 Å². The van der Waals surface area contributed by atoms with E-state index in [4.69, 9.17) is 5.73 Å². The summed E-state index contributed by atoms with van der Waals surface area (Å²) in [6.45, 7) is 4.63. The Morgan fingerprint density at radius 3 is 2.73 bits per heavy atom. The highest BCUT2D eigenvalue weighted by atomic mass is 16.2. The largest absolute Gasteiger partial charge is 0.369 e. The van der Waals surface area contributed by atoms with Crippen molar-refractivity contribution in [1.82, 2.24) is 25.2 Å². The van der Waals surface area contributed by atoms with E-state index in [-0.39, 0.29) is 23.5 Å². The number of amides is 1. The van der Waals surface area contributed by atoms with E-state index in [9.17, 15) is 9.59 Å². The van der Waals surface area contributed by atoms with Gasteiger partial charge in [-0.2, -0.15) is 4.98 Å². The first-order valence-electron chi connectivity index (χ1n) is 11.5. The molecule has 1 aliphatic rings. The molecule has 1 aromatic carbocycles. The number of nitrogen functional groups attached to an aromatic ring is 1. The maximum absolute atomic E-state index is 13.2. The third-order valence-electron chi connectivity index (χ3n) is 5.88. The molecule has 0 bridgehead atoms. The highest BCUT2D eigenvalue weighted by molar-refractivity contribution is 5.89. The van der Waals surface area contributed by atoms with Crippen LogP contribution >= 0.6 is 0 Å². The number of hydrogen-bond acceptors (Lipinski definition) is 7. The monoisotopic (exact) mass is 449 g/mol. The van der Waals surface area contributed by atoms with Crippen molar-refractivity contribution < 1.29 is 4.79 Å². The van der Waals surface area contributed by atoms with Crippen molar-refractivity contribution in [1.29, 1.82) is 0 Å². The third kappa shape index (κ3) is 5.48.